The van der Waals surface area contributed by atoms with Crippen molar-refractivity contribution in [2.45, 2.75) is 14.9 Å². The van der Waals surface area contributed by atoms with Gasteiger partial charge >= 0.3 is 19.1 Å². The average molecular weight is 800 g/mol. The summed E-state index contributed by atoms with van der Waals surface area (Å²) in [5.41, 5.74) is 3.45. The molecule has 12 nitrogen and oxygen atoms in total. The maximum atomic E-state index is 12.0. The quantitative estimate of drug-likeness (QED) is 0.128. The lowest BCUT2D eigenvalue weighted by atomic mass is 9.81. The fourth-order valence-electron chi connectivity index (χ4n) is 4.32. The van der Waals surface area contributed by atoms with E-state index in [1.165, 1.54) is 14.2 Å². The fourth-order valence-corrected chi connectivity index (χ4v) is 5.12. The van der Waals surface area contributed by atoms with Crippen molar-refractivity contribution < 1.29 is 38.6 Å². The molecule has 258 valence electrons. The highest BCUT2D eigenvalue weighted by Gasteiger charge is 2.19. The summed E-state index contributed by atoms with van der Waals surface area (Å²) in [5, 5.41) is 29.8. The lowest BCUT2D eigenvalue weighted by Gasteiger charge is -2.04. The van der Waals surface area contributed by atoms with Crippen LogP contribution in [0, 0.1) is 0 Å². The maximum absolute atomic E-state index is 12.0. The van der Waals surface area contributed by atoms with E-state index in [9.17, 15) is 9.59 Å². The Balaban J connectivity index is 0.000000269. The molecule has 0 bridgehead atoms. The molecule has 0 amide bonds. The molecule has 6 aromatic rings. The number of benzene rings is 4. The molecule has 0 fully saturated rings. The molecule has 15 heteroatoms. The van der Waals surface area contributed by atoms with Crippen LogP contribution in [0.15, 0.2) is 93.9 Å². The van der Waals surface area contributed by atoms with Gasteiger partial charge < -0.3 is 29.0 Å². The van der Waals surface area contributed by atoms with Gasteiger partial charge in [0.15, 0.2) is 11.4 Å². The Labute approximate surface area is 301 Å². The molecule has 0 saturated heterocycles. The predicted octanol–water partition coefficient (Wildman–Crippen LogP) is 6.34. The van der Waals surface area contributed by atoms with Crippen molar-refractivity contribution in [1.82, 2.24) is 20.0 Å². The zero-order valence-corrected chi connectivity index (χ0v) is 28.8. The van der Waals surface area contributed by atoms with Gasteiger partial charge in [-0.1, -0.05) is 64.9 Å². The van der Waals surface area contributed by atoms with Crippen LogP contribution >= 0.6 is 31.9 Å². The molecule has 0 aliphatic carbocycles. The van der Waals surface area contributed by atoms with E-state index in [4.69, 9.17) is 24.3 Å². The standard InChI is InChI=1S/C16H13BrN2O3.C10H10N2O3.C6H6BBrO2.2CH4/c1-21-12-6-7-14-13(9-12)15(16(20)22-2)18-19(14)11-5-3-4-10(17)8-11;1-14-6-3-4-8-7(5-6)9(12-11-8)10(13)15-2;8-6-3-1-2-5(4-6)7(9)10;;/h3-9H,1-2H3;3-5H,1-2H3,(H,11,12);1-4,9-10H;2*1H4. The highest BCUT2D eigenvalue weighted by atomic mass is 79.9. The molecule has 0 unspecified atom stereocenters. The summed E-state index contributed by atoms with van der Waals surface area (Å²) in [5.74, 6) is 0.391. The SMILES string of the molecule is C.C.COC(=O)c1n[nH]c2ccc(OC)cc12.COC(=O)c1nn(-c2cccc(Br)c2)c2ccc(OC)cc12.OB(O)c1cccc(Br)c1. The van der Waals surface area contributed by atoms with Crippen molar-refractivity contribution in [2.75, 3.05) is 28.4 Å². The minimum absolute atomic E-state index is 0. The molecule has 6 rings (SSSR count). The largest absolute Gasteiger partial charge is 0.497 e. The lowest BCUT2D eigenvalue weighted by molar-refractivity contribution is 0.0587. The Hall–Kier alpha value is -4.70. The number of nitrogens with zero attached hydrogens (tertiary/aromatic N) is 3. The number of hydrogen-bond acceptors (Lipinski definition) is 10. The van der Waals surface area contributed by atoms with E-state index in [1.54, 1.807) is 61.4 Å². The molecule has 0 saturated carbocycles. The van der Waals surface area contributed by atoms with Gasteiger partial charge in [0.1, 0.15) is 11.5 Å². The monoisotopic (exact) mass is 798 g/mol. The Bertz CT molecular complexity index is 2020. The topological polar surface area (TPSA) is 158 Å². The van der Waals surface area contributed by atoms with E-state index < -0.39 is 19.1 Å². The van der Waals surface area contributed by atoms with Crippen molar-refractivity contribution >= 4 is 78.2 Å². The minimum atomic E-state index is -1.38. The van der Waals surface area contributed by atoms with Crippen molar-refractivity contribution in [3.05, 3.63) is 105 Å². The third kappa shape index (κ3) is 9.92. The highest BCUT2D eigenvalue weighted by Crippen LogP contribution is 2.28. The zero-order valence-electron chi connectivity index (χ0n) is 25.6. The van der Waals surface area contributed by atoms with E-state index in [0.717, 1.165) is 25.7 Å². The Kier molecular flexibility index (Phi) is 15.5. The van der Waals surface area contributed by atoms with Crippen molar-refractivity contribution in [3.8, 4) is 17.2 Å². The first-order valence-corrected chi connectivity index (χ1v) is 15.3. The molecule has 0 aliphatic heterocycles. The molecule has 49 heavy (non-hydrogen) atoms. The first-order valence-electron chi connectivity index (χ1n) is 13.7. The van der Waals surface area contributed by atoms with Crippen molar-refractivity contribution in [3.63, 3.8) is 0 Å². The summed E-state index contributed by atoms with van der Waals surface area (Å²) in [4.78, 5) is 23.3. The number of halogens is 2. The molecule has 2 heterocycles. The number of rotatable bonds is 6. The molecule has 0 aliphatic rings. The zero-order chi connectivity index (χ0) is 34.1. The van der Waals surface area contributed by atoms with E-state index in [2.05, 4.69) is 51.9 Å². The Morgan fingerprint density at radius 1 is 0.735 bits per heavy atom. The van der Waals surface area contributed by atoms with Crippen LogP contribution in [0.25, 0.3) is 27.5 Å². The van der Waals surface area contributed by atoms with Gasteiger partial charge in [-0.3, -0.25) is 5.10 Å². The maximum Gasteiger partial charge on any atom is 0.488 e. The average Bonchev–Trinajstić information content (AvgIpc) is 3.69. The highest BCUT2D eigenvalue weighted by molar-refractivity contribution is 9.10. The number of carbonyl (C=O) groups excluding carboxylic acids is 2. The Morgan fingerprint density at radius 3 is 1.86 bits per heavy atom. The van der Waals surface area contributed by atoms with Gasteiger partial charge in [-0.25, -0.2) is 14.3 Å². The van der Waals surface area contributed by atoms with Crippen LogP contribution in [0.4, 0.5) is 0 Å². The summed E-state index contributed by atoms with van der Waals surface area (Å²) < 4.78 is 23.2. The number of esters is 2. The van der Waals surface area contributed by atoms with Crippen LogP contribution in [-0.4, -0.2) is 77.5 Å². The van der Waals surface area contributed by atoms with Gasteiger partial charge in [0, 0.05) is 19.7 Å². The predicted molar refractivity (Wildman–Crippen MR) is 198 cm³/mol. The van der Waals surface area contributed by atoms with Crippen LogP contribution in [0.3, 0.4) is 0 Å². The van der Waals surface area contributed by atoms with Gasteiger partial charge in [-0.2, -0.15) is 10.2 Å². The van der Waals surface area contributed by atoms with Gasteiger partial charge in [0.25, 0.3) is 0 Å². The summed E-state index contributed by atoms with van der Waals surface area (Å²) >= 11 is 6.65. The molecule has 2 aromatic heterocycles. The smallest absolute Gasteiger partial charge is 0.488 e. The molecular weight excluding hydrogens is 763 g/mol. The second-order valence-electron chi connectivity index (χ2n) is 9.52. The van der Waals surface area contributed by atoms with Crippen LogP contribution in [0.5, 0.6) is 11.5 Å². The van der Waals surface area contributed by atoms with E-state index in [1.807, 2.05) is 42.5 Å². The first kappa shape index (κ1) is 40.5. The lowest BCUT2D eigenvalue weighted by Crippen LogP contribution is -2.29. The third-order valence-electron chi connectivity index (χ3n) is 6.61. The fraction of sp³-hybridized carbons (Fsp3) is 0.176. The van der Waals surface area contributed by atoms with Gasteiger partial charge in [-0.05, 0) is 72.2 Å². The van der Waals surface area contributed by atoms with E-state index in [-0.39, 0.29) is 26.2 Å². The number of aromatic amines is 1. The molecule has 4 aromatic carbocycles. The number of carbonyl (C=O) groups is 2. The van der Waals surface area contributed by atoms with E-state index in [0.29, 0.717) is 27.7 Å². The summed E-state index contributed by atoms with van der Waals surface area (Å²) in [7, 11) is 4.43. The van der Waals surface area contributed by atoms with E-state index >= 15 is 0 Å². The normalized spacial score (nSPS) is 9.88. The second kappa shape index (κ2) is 18.7. The molecule has 3 N–H and O–H groups in total. The Morgan fingerprint density at radius 2 is 1.31 bits per heavy atom. The van der Waals surface area contributed by atoms with Crippen LogP contribution in [0.2, 0.25) is 0 Å². The van der Waals surface area contributed by atoms with Gasteiger partial charge in [0.2, 0.25) is 0 Å². The van der Waals surface area contributed by atoms with Crippen LogP contribution in [-0.2, 0) is 9.47 Å². The minimum Gasteiger partial charge on any atom is -0.497 e. The van der Waals surface area contributed by atoms with Crippen molar-refractivity contribution in [1.29, 1.82) is 0 Å². The number of fused-ring (bicyclic) bond motifs is 2. The molecule has 0 spiro atoms. The van der Waals surface area contributed by atoms with Crippen LogP contribution in [0.1, 0.15) is 35.8 Å². The third-order valence-corrected chi connectivity index (χ3v) is 7.60. The second-order valence-corrected chi connectivity index (χ2v) is 11.4. The number of methoxy groups -OCH3 is 4. The molecule has 0 atom stereocenters. The molecule has 0 radical (unpaired) electrons. The van der Waals surface area contributed by atoms with Crippen molar-refractivity contribution in [2.24, 2.45) is 0 Å². The summed E-state index contributed by atoms with van der Waals surface area (Å²) in [6.45, 7) is 0. The number of H-pyrrole nitrogens is 1. The first-order chi connectivity index (χ1) is 22.6. The number of aromatic nitrogens is 4. The number of ether oxygens (including phenoxy) is 4. The van der Waals surface area contributed by atoms with Gasteiger partial charge in [0.05, 0.1) is 45.2 Å². The van der Waals surface area contributed by atoms with Gasteiger partial charge in [-0.15, -0.1) is 0 Å². The number of nitrogens with one attached hydrogen (secondary N) is 1. The summed E-state index contributed by atoms with van der Waals surface area (Å²) in [6.07, 6.45) is 0. The summed E-state index contributed by atoms with van der Waals surface area (Å²) in [6, 6.07) is 25.4. The van der Waals surface area contributed by atoms with Crippen LogP contribution < -0.4 is 14.9 Å². The number of hydrogen-bond donors (Lipinski definition) is 3. The molecular formula is C34H37BBr2N4O8.